The zero-order valence-electron chi connectivity index (χ0n) is 28.9. The second-order valence-corrected chi connectivity index (χ2v) is 15.7. The summed E-state index contributed by atoms with van der Waals surface area (Å²) in [6.45, 7) is 4.71. The summed E-state index contributed by atoms with van der Waals surface area (Å²) in [6, 6.07) is 60.1. The van der Waals surface area contributed by atoms with Gasteiger partial charge in [0.15, 0.2) is 0 Å². The minimum Gasteiger partial charge on any atom is -0.456 e. The molecule has 0 unspecified atom stereocenters. The van der Waals surface area contributed by atoms with Crippen molar-refractivity contribution in [2.45, 2.75) is 19.3 Å². The van der Waals surface area contributed by atoms with E-state index in [1.54, 1.807) is 0 Å². The quantitative estimate of drug-likeness (QED) is 0.184. The predicted octanol–water partition coefficient (Wildman–Crippen LogP) is 14.6. The number of hydrogen-bond acceptors (Lipinski definition) is 3. The Bertz CT molecular complexity index is 3050. The molecule has 10 aromatic rings. The molecule has 8 aromatic carbocycles. The van der Waals surface area contributed by atoms with Gasteiger partial charge in [0.25, 0.3) is 0 Å². The lowest BCUT2D eigenvalue weighted by molar-refractivity contribution is 0.660. The minimum atomic E-state index is -0.0882. The highest BCUT2D eigenvalue weighted by atomic mass is 32.1. The third-order valence-corrected chi connectivity index (χ3v) is 12.4. The summed E-state index contributed by atoms with van der Waals surface area (Å²) in [6.07, 6.45) is 0. The summed E-state index contributed by atoms with van der Waals surface area (Å²) in [4.78, 5) is 2.42. The second kappa shape index (κ2) is 10.9. The van der Waals surface area contributed by atoms with Gasteiger partial charge >= 0.3 is 0 Å². The second-order valence-electron chi connectivity index (χ2n) is 14.6. The minimum absolute atomic E-state index is 0.0882. The van der Waals surface area contributed by atoms with Gasteiger partial charge in [-0.1, -0.05) is 111 Å². The average Bonchev–Trinajstić information content (AvgIpc) is 3.81. The predicted molar refractivity (Wildman–Crippen MR) is 222 cm³/mol. The SMILES string of the molecule is CC1(C)c2ccccc2-c2ccc(N(c3ccc(-c4ccc5oc6cc7ccccc7cc6c5c4)cc3)c3ccc4c(c3)sc3ccccc34)cc21. The van der Waals surface area contributed by atoms with Crippen molar-refractivity contribution in [3.63, 3.8) is 0 Å². The Balaban J connectivity index is 1.04. The summed E-state index contributed by atoms with van der Waals surface area (Å²) in [7, 11) is 0. The van der Waals surface area contributed by atoms with Crippen LogP contribution in [0.5, 0.6) is 0 Å². The van der Waals surface area contributed by atoms with E-state index < -0.39 is 0 Å². The highest BCUT2D eigenvalue weighted by Gasteiger charge is 2.35. The van der Waals surface area contributed by atoms with Gasteiger partial charge < -0.3 is 9.32 Å². The first-order chi connectivity index (χ1) is 25.5. The standard InChI is InChI=1S/C49H33NOS/c1-49(2)43-13-7-5-11-37(43)38-22-20-35(28-44(38)49)50(36-21-23-40-39-12-6-8-14-47(39)52-48(40)29-36)34-18-15-30(16-19-34)33-17-24-45-41(26-33)42-25-31-9-3-4-10-32(31)27-46(42)51-45/h3-29H,1-2H3. The molecule has 0 saturated heterocycles. The molecule has 3 heteroatoms. The third-order valence-electron chi connectivity index (χ3n) is 11.2. The third kappa shape index (κ3) is 4.36. The van der Waals surface area contributed by atoms with E-state index in [1.165, 1.54) is 64.3 Å². The Morgan fingerprint density at radius 1 is 0.442 bits per heavy atom. The van der Waals surface area contributed by atoms with Crippen molar-refractivity contribution in [3.8, 4) is 22.3 Å². The molecule has 1 aliphatic rings. The van der Waals surface area contributed by atoms with Crippen molar-refractivity contribution in [1.29, 1.82) is 0 Å². The maximum absolute atomic E-state index is 6.31. The molecular weight excluding hydrogens is 651 g/mol. The number of nitrogens with zero attached hydrogens (tertiary/aromatic N) is 1. The smallest absolute Gasteiger partial charge is 0.136 e. The topological polar surface area (TPSA) is 16.4 Å². The number of fused-ring (bicyclic) bond motifs is 10. The molecule has 2 aromatic heterocycles. The first kappa shape index (κ1) is 29.6. The van der Waals surface area contributed by atoms with Crippen LogP contribution in [-0.2, 0) is 5.41 Å². The number of benzene rings is 8. The van der Waals surface area contributed by atoms with Gasteiger partial charge in [-0.25, -0.2) is 0 Å². The van der Waals surface area contributed by atoms with E-state index in [9.17, 15) is 0 Å². The van der Waals surface area contributed by atoms with Crippen LogP contribution in [0.3, 0.4) is 0 Å². The molecule has 2 nitrogen and oxygen atoms in total. The lowest BCUT2D eigenvalue weighted by atomic mass is 9.82. The summed E-state index contributed by atoms with van der Waals surface area (Å²) >= 11 is 1.86. The molecule has 0 saturated carbocycles. The van der Waals surface area contributed by atoms with E-state index >= 15 is 0 Å². The Kier molecular flexibility index (Phi) is 6.21. The van der Waals surface area contributed by atoms with Gasteiger partial charge in [0.1, 0.15) is 11.2 Å². The first-order valence-electron chi connectivity index (χ1n) is 17.9. The van der Waals surface area contributed by atoms with Gasteiger partial charge in [-0.15, -0.1) is 11.3 Å². The normalized spacial score (nSPS) is 13.3. The fourth-order valence-corrected chi connectivity index (χ4v) is 9.72. The van der Waals surface area contributed by atoms with Crippen LogP contribution < -0.4 is 4.90 Å². The molecule has 52 heavy (non-hydrogen) atoms. The van der Waals surface area contributed by atoms with Crippen LogP contribution in [0.15, 0.2) is 168 Å². The zero-order valence-corrected chi connectivity index (χ0v) is 29.7. The van der Waals surface area contributed by atoms with Gasteiger partial charge in [-0.3, -0.25) is 0 Å². The van der Waals surface area contributed by atoms with Gasteiger partial charge in [0.05, 0.1) is 0 Å². The molecule has 0 amide bonds. The van der Waals surface area contributed by atoms with Crippen LogP contribution in [0.4, 0.5) is 17.1 Å². The van der Waals surface area contributed by atoms with Crippen LogP contribution in [0, 0.1) is 0 Å². The van der Waals surface area contributed by atoms with Crippen LogP contribution in [-0.4, -0.2) is 0 Å². The maximum Gasteiger partial charge on any atom is 0.136 e. The molecule has 0 N–H and O–H groups in total. The van der Waals surface area contributed by atoms with Crippen molar-refractivity contribution in [3.05, 3.63) is 175 Å². The fourth-order valence-electron chi connectivity index (χ4n) is 8.58. The van der Waals surface area contributed by atoms with Crippen LogP contribution in [0.2, 0.25) is 0 Å². The van der Waals surface area contributed by atoms with E-state index in [4.69, 9.17) is 4.42 Å². The van der Waals surface area contributed by atoms with Crippen LogP contribution in [0.25, 0.3) is 75.1 Å². The Hall–Kier alpha value is -6.16. The highest BCUT2D eigenvalue weighted by molar-refractivity contribution is 7.25. The Labute approximate surface area is 305 Å². The number of thiophene rings is 1. The maximum atomic E-state index is 6.31. The van der Waals surface area contributed by atoms with Gasteiger partial charge in [-0.05, 0) is 111 Å². The van der Waals surface area contributed by atoms with E-state index in [1.807, 2.05) is 11.3 Å². The molecule has 0 radical (unpaired) electrons. The molecule has 0 fully saturated rings. The Morgan fingerprint density at radius 2 is 1.10 bits per heavy atom. The van der Waals surface area contributed by atoms with E-state index in [-0.39, 0.29) is 5.41 Å². The molecule has 0 atom stereocenters. The lowest BCUT2D eigenvalue weighted by Crippen LogP contribution is -2.16. The lowest BCUT2D eigenvalue weighted by Gasteiger charge is -2.28. The summed E-state index contributed by atoms with van der Waals surface area (Å²) in [5.74, 6) is 0. The summed E-state index contributed by atoms with van der Waals surface area (Å²) < 4.78 is 8.92. The summed E-state index contributed by atoms with van der Waals surface area (Å²) in [5, 5.41) is 7.33. The average molecular weight is 684 g/mol. The van der Waals surface area contributed by atoms with E-state index in [2.05, 4.69) is 183 Å². The molecule has 0 spiro atoms. The van der Waals surface area contributed by atoms with Crippen molar-refractivity contribution in [1.82, 2.24) is 0 Å². The number of anilines is 3. The molecule has 2 heterocycles. The number of furan rings is 1. The number of rotatable bonds is 4. The van der Waals surface area contributed by atoms with Crippen molar-refractivity contribution >= 4 is 81.3 Å². The van der Waals surface area contributed by atoms with Gasteiger partial charge in [0, 0.05) is 53.4 Å². The van der Waals surface area contributed by atoms with Crippen LogP contribution in [0.1, 0.15) is 25.0 Å². The molecule has 1 aliphatic carbocycles. The van der Waals surface area contributed by atoms with Crippen molar-refractivity contribution < 1.29 is 4.42 Å². The number of hydrogen-bond donors (Lipinski definition) is 0. The highest BCUT2D eigenvalue weighted by Crippen LogP contribution is 2.51. The monoisotopic (exact) mass is 683 g/mol. The molecule has 11 rings (SSSR count). The molecule has 246 valence electrons. The molecular formula is C49H33NOS. The van der Waals surface area contributed by atoms with Crippen molar-refractivity contribution in [2.75, 3.05) is 4.90 Å². The van der Waals surface area contributed by atoms with Gasteiger partial charge in [0.2, 0.25) is 0 Å². The van der Waals surface area contributed by atoms with Gasteiger partial charge in [-0.2, -0.15) is 0 Å². The van der Waals surface area contributed by atoms with E-state index in [0.29, 0.717) is 0 Å². The van der Waals surface area contributed by atoms with Crippen LogP contribution >= 0.6 is 11.3 Å². The fraction of sp³-hybridized carbons (Fsp3) is 0.0612. The van der Waals surface area contributed by atoms with E-state index in [0.717, 1.165) is 39.0 Å². The van der Waals surface area contributed by atoms with Crippen molar-refractivity contribution in [2.24, 2.45) is 0 Å². The first-order valence-corrected chi connectivity index (χ1v) is 18.7. The largest absolute Gasteiger partial charge is 0.456 e. The molecule has 0 aliphatic heterocycles. The zero-order chi connectivity index (χ0) is 34.6. The molecule has 0 bridgehead atoms. The Morgan fingerprint density at radius 3 is 1.98 bits per heavy atom. The summed E-state index contributed by atoms with van der Waals surface area (Å²) in [5.41, 5.74) is 12.9.